The minimum Gasteiger partial charge on any atom is -0.494 e. The van der Waals surface area contributed by atoms with Gasteiger partial charge in [0.25, 0.3) is 5.91 Å². The molecule has 3 rings (SSSR count). The number of thiazole rings is 1. The van der Waals surface area contributed by atoms with Crippen LogP contribution in [0.3, 0.4) is 0 Å². The summed E-state index contributed by atoms with van der Waals surface area (Å²) < 4.78 is 44.4. The zero-order chi connectivity index (χ0) is 19.4. The van der Waals surface area contributed by atoms with Gasteiger partial charge in [0.1, 0.15) is 11.4 Å². The molecule has 0 aliphatic heterocycles. The number of nitrogens with one attached hydrogen (secondary N) is 1. The van der Waals surface area contributed by atoms with Gasteiger partial charge in [0.05, 0.1) is 17.9 Å². The number of benzene rings is 1. The lowest BCUT2D eigenvalue weighted by Crippen LogP contribution is -2.20. The Bertz CT molecular complexity index is 940. The van der Waals surface area contributed by atoms with Crippen LogP contribution in [0, 0.1) is 0 Å². The van der Waals surface area contributed by atoms with Crippen LogP contribution in [-0.2, 0) is 6.18 Å². The third kappa shape index (κ3) is 4.43. The first-order valence-electron chi connectivity index (χ1n) is 7.91. The maximum Gasteiger partial charge on any atom is 0.418 e. The molecule has 0 radical (unpaired) electrons. The van der Waals surface area contributed by atoms with Crippen molar-refractivity contribution in [3.05, 3.63) is 59.2 Å². The lowest BCUT2D eigenvalue weighted by Gasteiger charge is -2.10. The van der Waals surface area contributed by atoms with E-state index in [1.807, 2.05) is 19.1 Å². The van der Waals surface area contributed by atoms with Crippen LogP contribution in [-0.4, -0.2) is 22.5 Å². The fourth-order valence-corrected chi connectivity index (χ4v) is 3.04. The van der Waals surface area contributed by atoms with E-state index >= 15 is 0 Å². The number of nitrogens with zero attached hydrogens (tertiary/aromatic N) is 2. The van der Waals surface area contributed by atoms with Crippen LogP contribution in [0.25, 0.3) is 11.3 Å². The zero-order valence-corrected chi connectivity index (χ0v) is 14.9. The molecule has 140 valence electrons. The second-order valence-corrected chi connectivity index (χ2v) is 6.20. The summed E-state index contributed by atoms with van der Waals surface area (Å²) in [5, 5.41) is 4.26. The van der Waals surface area contributed by atoms with Gasteiger partial charge in [0.15, 0.2) is 5.13 Å². The topological polar surface area (TPSA) is 64.1 Å². The minimum atomic E-state index is -4.67. The van der Waals surface area contributed by atoms with Crippen LogP contribution in [0.15, 0.2) is 48.0 Å². The van der Waals surface area contributed by atoms with Gasteiger partial charge < -0.3 is 4.74 Å². The number of halogens is 3. The van der Waals surface area contributed by atoms with E-state index in [1.165, 1.54) is 0 Å². The van der Waals surface area contributed by atoms with Crippen LogP contribution in [0.5, 0.6) is 5.75 Å². The van der Waals surface area contributed by atoms with E-state index in [1.54, 1.807) is 17.5 Å². The second kappa shape index (κ2) is 7.75. The molecule has 1 aromatic carbocycles. The van der Waals surface area contributed by atoms with Crippen molar-refractivity contribution in [2.75, 3.05) is 11.9 Å². The van der Waals surface area contributed by atoms with Crippen molar-refractivity contribution in [2.24, 2.45) is 0 Å². The Hall–Kier alpha value is -2.94. The van der Waals surface area contributed by atoms with Gasteiger partial charge in [-0.3, -0.25) is 15.1 Å². The lowest BCUT2D eigenvalue weighted by atomic mass is 10.1. The molecule has 0 saturated heterocycles. The molecule has 2 aromatic heterocycles. The van der Waals surface area contributed by atoms with Gasteiger partial charge in [-0.1, -0.05) is 0 Å². The van der Waals surface area contributed by atoms with Crippen LogP contribution >= 0.6 is 11.3 Å². The Balaban J connectivity index is 1.77. The number of amides is 1. The van der Waals surface area contributed by atoms with E-state index < -0.39 is 23.3 Å². The highest BCUT2D eigenvalue weighted by Gasteiger charge is 2.36. The maximum absolute atomic E-state index is 13.0. The quantitative estimate of drug-likeness (QED) is 0.671. The summed E-state index contributed by atoms with van der Waals surface area (Å²) in [6.45, 7) is 2.44. The fraction of sp³-hybridized carbons (Fsp3) is 0.167. The summed E-state index contributed by atoms with van der Waals surface area (Å²) in [6, 6.07) is 9.15. The van der Waals surface area contributed by atoms with Gasteiger partial charge in [-0.05, 0) is 43.3 Å². The molecule has 0 unspecified atom stereocenters. The lowest BCUT2D eigenvalue weighted by molar-refractivity contribution is -0.138. The Labute approximate surface area is 156 Å². The predicted molar refractivity (Wildman–Crippen MR) is 95.9 cm³/mol. The second-order valence-electron chi connectivity index (χ2n) is 5.35. The molecule has 9 heteroatoms. The zero-order valence-electron chi connectivity index (χ0n) is 14.1. The van der Waals surface area contributed by atoms with E-state index in [0.717, 1.165) is 41.0 Å². The van der Waals surface area contributed by atoms with Gasteiger partial charge in [-0.2, -0.15) is 13.2 Å². The molecule has 0 saturated carbocycles. The largest absolute Gasteiger partial charge is 0.494 e. The van der Waals surface area contributed by atoms with E-state index in [0.29, 0.717) is 12.3 Å². The first-order chi connectivity index (χ1) is 12.9. The summed E-state index contributed by atoms with van der Waals surface area (Å²) in [5.41, 5.74) is -0.395. The number of aromatic nitrogens is 2. The van der Waals surface area contributed by atoms with Gasteiger partial charge in [0, 0.05) is 17.1 Å². The number of carbonyl (C=O) groups is 1. The van der Waals surface area contributed by atoms with Gasteiger partial charge in [-0.25, -0.2) is 4.98 Å². The van der Waals surface area contributed by atoms with Crippen molar-refractivity contribution in [2.45, 2.75) is 13.1 Å². The predicted octanol–water partition coefficient (Wildman–Crippen LogP) is 4.87. The van der Waals surface area contributed by atoms with Crippen molar-refractivity contribution in [1.82, 2.24) is 9.97 Å². The summed E-state index contributed by atoms with van der Waals surface area (Å²) >= 11 is 1.11. The van der Waals surface area contributed by atoms with Gasteiger partial charge >= 0.3 is 6.18 Å². The molecule has 1 amide bonds. The molecule has 27 heavy (non-hydrogen) atoms. The number of alkyl halides is 3. The van der Waals surface area contributed by atoms with Crippen molar-refractivity contribution in [3.8, 4) is 17.0 Å². The molecule has 5 nitrogen and oxygen atoms in total. The first kappa shape index (κ1) is 18.8. The third-order valence-corrected chi connectivity index (χ3v) is 4.27. The Morgan fingerprint density at radius 1 is 1.22 bits per heavy atom. The number of hydrogen-bond donors (Lipinski definition) is 1. The molecule has 0 aliphatic rings. The molecule has 3 aromatic rings. The van der Waals surface area contributed by atoms with Crippen LogP contribution in [0.4, 0.5) is 18.3 Å². The Morgan fingerprint density at radius 2 is 1.96 bits per heavy atom. The molecule has 1 N–H and O–H groups in total. The van der Waals surface area contributed by atoms with Crippen molar-refractivity contribution in [3.63, 3.8) is 0 Å². The number of anilines is 1. The van der Waals surface area contributed by atoms with Crippen molar-refractivity contribution >= 4 is 22.4 Å². The summed E-state index contributed by atoms with van der Waals surface area (Å²) in [5.74, 6) is -0.240. The monoisotopic (exact) mass is 393 g/mol. The molecule has 0 fully saturated rings. The van der Waals surface area contributed by atoms with E-state index in [9.17, 15) is 18.0 Å². The minimum absolute atomic E-state index is 0.183. The molecule has 0 bridgehead atoms. The third-order valence-electron chi connectivity index (χ3n) is 3.51. The number of rotatable bonds is 5. The Morgan fingerprint density at radius 3 is 2.63 bits per heavy atom. The van der Waals surface area contributed by atoms with Crippen molar-refractivity contribution in [1.29, 1.82) is 0 Å². The summed E-state index contributed by atoms with van der Waals surface area (Å²) in [4.78, 5) is 20.0. The number of ether oxygens (including phenoxy) is 1. The van der Waals surface area contributed by atoms with Crippen LogP contribution in [0.1, 0.15) is 23.0 Å². The number of carbonyl (C=O) groups excluding carboxylic acids is 1. The van der Waals surface area contributed by atoms with E-state index in [-0.39, 0.29) is 5.13 Å². The standard InChI is InChI=1S/C18H14F3N3O2S/c1-2-26-12-7-5-11(6-8-12)14-10-27-17(23-14)24-16(25)15-13(18(19,20)21)4-3-9-22-15/h3-10H,2H2,1H3,(H,23,24,25). The molecule has 0 atom stereocenters. The first-order valence-corrected chi connectivity index (χ1v) is 8.78. The molecular formula is C18H14F3N3O2S. The molecular weight excluding hydrogens is 379 g/mol. The molecule has 0 spiro atoms. The van der Waals surface area contributed by atoms with Gasteiger partial charge in [-0.15, -0.1) is 11.3 Å². The highest BCUT2D eigenvalue weighted by Crippen LogP contribution is 2.32. The Kier molecular flexibility index (Phi) is 5.41. The number of pyridine rings is 1. The summed E-state index contributed by atoms with van der Waals surface area (Å²) in [6.07, 6.45) is -3.53. The molecule has 0 aliphatic carbocycles. The number of hydrogen-bond acceptors (Lipinski definition) is 5. The van der Waals surface area contributed by atoms with Gasteiger partial charge in [0.2, 0.25) is 0 Å². The van der Waals surface area contributed by atoms with Crippen molar-refractivity contribution < 1.29 is 22.7 Å². The fourth-order valence-electron chi connectivity index (χ4n) is 2.32. The average Bonchev–Trinajstić information content (AvgIpc) is 3.10. The highest BCUT2D eigenvalue weighted by molar-refractivity contribution is 7.14. The van der Waals surface area contributed by atoms with E-state index in [2.05, 4.69) is 15.3 Å². The SMILES string of the molecule is CCOc1ccc(-c2csc(NC(=O)c3ncccc3C(F)(F)F)n2)cc1. The smallest absolute Gasteiger partial charge is 0.418 e. The normalized spacial score (nSPS) is 11.3. The molecule has 2 heterocycles. The summed E-state index contributed by atoms with van der Waals surface area (Å²) in [7, 11) is 0. The van der Waals surface area contributed by atoms with Crippen LogP contribution < -0.4 is 10.1 Å². The van der Waals surface area contributed by atoms with Crippen LogP contribution in [0.2, 0.25) is 0 Å². The van der Waals surface area contributed by atoms with E-state index in [4.69, 9.17) is 4.74 Å². The highest BCUT2D eigenvalue weighted by atomic mass is 32.1. The average molecular weight is 393 g/mol. The maximum atomic E-state index is 13.0.